The van der Waals surface area contributed by atoms with E-state index in [2.05, 4.69) is 5.32 Å². The SMILES string of the molecule is CC(C)(C)OC(=O)N(Cc1ccc(CNc2c(Cl)ccc3c2CCN(C(=O)C(F)(F)F)CC3)cc1)C1CCCCC1. The third-order valence-corrected chi connectivity index (χ3v) is 7.98. The van der Waals surface area contributed by atoms with Crippen LogP contribution in [0.15, 0.2) is 36.4 Å². The molecule has 0 atom stereocenters. The molecule has 0 radical (unpaired) electrons. The van der Waals surface area contributed by atoms with Crippen LogP contribution in [0, 0.1) is 0 Å². The van der Waals surface area contributed by atoms with Crippen molar-refractivity contribution in [2.24, 2.45) is 0 Å². The van der Waals surface area contributed by atoms with Crippen molar-refractivity contribution in [2.75, 3.05) is 18.4 Å². The summed E-state index contributed by atoms with van der Waals surface area (Å²) in [6.07, 6.45) is 0.796. The normalized spacial score (nSPS) is 16.5. The number of hydrogen-bond donors (Lipinski definition) is 1. The van der Waals surface area contributed by atoms with E-state index < -0.39 is 17.7 Å². The topological polar surface area (TPSA) is 61.9 Å². The second-order valence-corrected chi connectivity index (χ2v) is 12.3. The molecule has 1 fully saturated rings. The van der Waals surface area contributed by atoms with Gasteiger partial charge in [-0.3, -0.25) is 4.79 Å². The lowest BCUT2D eigenvalue weighted by Gasteiger charge is -2.35. The lowest BCUT2D eigenvalue weighted by molar-refractivity contribution is -0.185. The Morgan fingerprint density at radius 3 is 2.24 bits per heavy atom. The fourth-order valence-electron chi connectivity index (χ4n) is 5.58. The van der Waals surface area contributed by atoms with Crippen LogP contribution in [0.5, 0.6) is 0 Å². The number of fused-ring (bicyclic) bond motifs is 1. The number of nitrogens with zero attached hydrogens (tertiary/aromatic N) is 2. The fraction of sp³-hybridized carbons (Fsp3) is 0.548. The van der Waals surface area contributed by atoms with Crippen molar-refractivity contribution < 1.29 is 27.5 Å². The number of alkyl halides is 3. The van der Waals surface area contributed by atoms with Crippen LogP contribution >= 0.6 is 11.6 Å². The molecule has 1 saturated carbocycles. The van der Waals surface area contributed by atoms with E-state index in [0.29, 0.717) is 30.2 Å². The Morgan fingerprint density at radius 1 is 0.976 bits per heavy atom. The van der Waals surface area contributed by atoms with E-state index in [4.69, 9.17) is 16.3 Å². The molecule has 1 aliphatic heterocycles. The Kier molecular flexibility index (Phi) is 9.77. The molecule has 0 aromatic heterocycles. The third kappa shape index (κ3) is 8.31. The summed E-state index contributed by atoms with van der Waals surface area (Å²) >= 11 is 6.51. The fourth-order valence-corrected chi connectivity index (χ4v) is 5.82. The van der Waals surface area contributed by atoms with Crippen molar-refractivity contribution >= 4 is 29.3 Å². The zero-order valence-corrected chi connectivity index (χ0v) is 24.7. The van der Waals surface area contributed by atoms with Crippen molar-refractivity contribution in [2.45, 2.75) is 96.6 Å². The summed E-state index contributed by atoms with van der Waals surface area (Å²) in [5.74, 6) is -1.81. The minimum Gasteiger partial charge on any atom is -0.444 e. The molecule has 2 amide bonds. The molecule has 4 rings (SSSR count). The molecule has 2 aromatic rings. The molecule has 0 bridgehead atoms. The summed E-state index contributed by atoms with van der Waals surface area (Å²) in [5.41, 5.74) is 3.84. The second kappa shape index (κ2) is 12.9. The standard InChI is InChI=1S/C31H39ClF3N3O3/c1-30(2,3)41-29(40)38(24-7-5-4-6-8-24)20-22-11-9-21(10-12-22)19-36-27-25-16-18-37(28(39)31(33,34)35)17-15-23(25)13-14-26(27)32/h9-14,24,36H,4-8,15-20H2,1-3H3. The Hall–Kier alpha value is -2.94. The number of benzene rings is 2. The maximum atomic E-state index is 13.1. The first-order valence-electron chi connectivity index (χ1n) is 14.3. The molecule has 6 nitrogen and oxygen atoms in total. The van der Waals surface area contributed by atoms with Gasteiger partial charge in [0.15, 0.2) is 0 Å². The van der Waals surface area contributed by atoms with Gasteiger partial charge in [-0.2, -0.15) is 13.2 Å². The zero-order valence-electron chi connectivity index (χ0n) is 24.0. The summed E-state index contributed by atoms with van der Waals surface area (Å²) in [4.78, 5) is 27.6. The Labute approximate surface area is 245 Å². The van der Waals surface area contributed by atoms with Crippen LogP contribution in [0.3, 0.4) is 0 Å². The van der Waals surface area contributed by atoms with Crippen LogP contribution < -0.4 is 5.32 Å². The molecule has 1 N–H and O–H groups in total. The highest BCUT2D eigenvalue weighted by molar-refractivity contribution is 6.33. The van der Waals surface area contributed by atoms with E-state index in [1.807, 2.05) is 56.0 Å². The predicted molar refractivity (Wildman–Crippen MR) is 154 cm³/mol. The number of carbonyl (C=O) groups excluding carboxylic acids is 2. The summed E-state index contributed by atoms with van der Waals surface area (Å²) < 4.78 is 44.7. The average molecular weight is 594 g/mol. The molecular weight excluding hydrogens is 555 g/mol. The second-order valence-electron chi connectivity index (χ2n) is 11.9. The Balaban J connectivity index is 1.43. The van der Waals surface area contributed by atoms with Crippen molar-refractivity contribution in [3.8, 4) is 0 Å². The van der Waals surface area contributed by atoms with Crippen LogP contribution in [-0.4, -0.2) is 52.7 Å². The van der Waals surface area contributed by atoms with Gasteiger partial charge in [-0.05, 0) is 74.8 Å². The maximum absolute atomic E-state index is 13.1. The van der Waals surface area contributed by atoms with Gasteiger partial charge in [0.05, 0.1) is 10.7 Å². The quantitative estimate of drug-likeness (QED) is 0.376. The summed E-state index contributed by atoms with van der Waals surface area (Å²) in [5, 5.41) is 3.86. The van der Waals surface area contributed by atoms with E-state index in [1.165, 1.54) is 6.42 Å². The molecule has 0 saturated heterocycles. The molecule has 1 heterocycles. The highest BCUT2D eigenvalue weighted by Gasteiger charge is 2.42. The minimum atomic E-state index is -4.89. The number of anilines is 1. The smallest absolute Gasteiger partial charge is 0.444 e. The van der Waals surface area contributed by atoms with Gasteiger partial charge in [-0.1, -0.05) is 61.2 Å². The molecule has 0 unspecified atom stereocenters. The van der Waals surface area contributed by atoms with E-state index in [0.717, 1.165) is 52.8 Å². The Bertz CT molecular complexity index is 1220. The van der Waals surface area contributed by atoms with Gasteiger partial charge in [-0.15, -0.1) is 0 Å². The molecule has 2 aliphatic rings. The molecule has 2 aromatic carbocycles. The highest BCUT2D eigenvalue weighted by atomic mass is 35.5. The summed E-state index contributed by atoms with van der Waals surface area (Å²) in [6, 6.07) is 11.7. The van der Waals surface area contributed by atoms with Crippen molar-refractivity contribution in [3.05, 3.63) is 63.7 Å². The van der Waals surface area contributed by atoms with Crippen LogP contribution in [0.4, 0.5) is 23.7 Å². The van der Waals surface area contributed by atoms with E-state index in [1.54, 1.807) is 6.07 Å². The van der Waals surface area contributed by atoms with Crippen molar-refractivity contribution in [1.82, 2.24) is 9.80 Å². The molecule has 1 aliphatic carbocycles. The van der Waals surface area contributed by atoms with E-state index in [9.17, 15) is 22.8 Å². The highest BCUT2D eigenvalue weighted by Crippen LogP contribution is 2.33. The van der Waals surface area contributed by atoms with Crippen LogP contribution in [0.25, 0.3) is 0 Å². The van der Waals surface area contributed by atoms with Gasteiger partial charge in [0, 0.05) is 32.2 Å². The molecule has 0 spiro atoms. The van der Waals surface area contributed by atoms with E-state index >= 15 is 0 Å². The van der Waals surface area contributed by atoms with Crippen LogP contribution in [0.1, 0.15) is 75.1 Å². The Morgan fingerprint density at radius 2 is 1.61 bits per heavy atom. The first kappa shape index (κ1) is 31.0. The van der Waals surface area contributed by atoms with Gasteiger partial charge < -0.3 is 19.9 Å². The summed E-state index contributed by atoms with van der Waals surface area (Å²) in [6.45, 7) is 6.54. The maximum Gasteiger partial charge on any atom is 0.471 e. The van der Waals surface area contributed by atoms with E-state index in [-0.39, 0.29) is 31.6 Å². The third-order valence-electron chi connectivity index (χ3n) is 7.66. The first-order chi connectivity index (χ1) is 19.3. The number of nitrogens with one attached hydrogen (secondary N) is 1. The van der Waals surface area contributed by atoms with Gasteiger partial charge in [-0.25, -0.2) is 4.79 Å². The molecule has 224 valence electrons. The molecule has 41 heavy (non-hydrogen) atoms. The van der Waals surface area contributed by atoms with Gasteiger partial charge >= 0.3 is 18.2 Å². The van der Waals surface area contributed by atoms with Crippen molar-refractivity contribution in [3.63, 3.8) is 0 Å². The molecule has 10 heteroatoms. The number of carbonyl (C=O) groups is 2. The number of rotatable bonds is 6. The number of amides is 2. The largest absolute Gasteiger partial charge is 0.471 e. The average Bonchev–Trinajstić information content (AvgIpc) is 3.13. The van der Waals surface area contributed by atoms with Gasteiger partial charge in [0.1, 0.15) is 5.60 Å². The van der Waals surface area contributed by atoms with Crippen LogP contribution in [-0.2, 0) is 35.5 Å². The van der Waals surface area contributed by atoms with Gasteiger partial charge in [0.2, 0.25) is 0 Å². The lowest BCUT2D eigenvalue weighted by atomic mass is 9.94. The van der Waals surface area contributed by atoms with Crippen molar-refractivity contribution in [1.29, 1.82) is 0 Å². The number of halogens is 4. The monoisotopic (exact) mass is 593 g/mol. The zero-order chi connectivity index (χ0) is 29.8. The molecular formula is C31H39ClF3N3O3. The first-order valence-corrected chi connectivity index (χ1v) is 14.7. The van der Waals surface area contributed by atoms with Crippen LogP contribution in [0.2, 0.25) is 5.02 Å². The predicted octanol–water partition coefficient (Wildman–Crippen LogP) is 7.51. The minimum absolute atomic E-state index is 0.00898. The number of hydrogen-bond acceptors (Lipinski definition) is 4. The number of ether oxygens (including phenoxy) is 1. The van der Waals surface area contributed by atoms with Gasteiger partial charge in [0.25, 0.3) is 0 Å². The lowest BCUT2D eigenvalue weighted by Crippen LogP contribution is -2.43. The summed E-state index contributed by atoms with van der Waals surface area (Å²) in [7, 11) is 0.